The summed E-state index contributed by atoms with van der Waals surface area (Å²) in [6.45, 7) is 0.647. The van der Waals surface area contributed by atoms with Crippen LogP contribution >= 0.6 is 0 Å². The van der Waals surface area contributed by atoms with Crippen molar-refractivity contribution >= 4 is 11.5 Å². The van der Waals surface area contributed by atoms with Crippen molar-refractivity contribution in [1.29, 1.82) is 0 Å². The fourth-order valence-corrected chi connectivity index (χ4v) is 2.03. The average molecular weight is 273 g/mol. The minimum atomic E-state index is 0.543. The standard InChI is InChI=1S/C15H19N3O2/c1-18(10-11-6-4-5-7-13(11)19-2)15-12(16)8-9-14(17-15)20-3/h4-9H,10,16H2,1-3H3. The molecule has 1 aromatic heterocycles. The summed E-state index contributed by atoms with van der Waals surface area (Å²) in [7, 11) is 5.18. The van der Waals surface area contributed by atoms with E-state index < -0.39 is 0 Å². The van der Waals surface area contributed by atoms with E-state index in [-0.39, 0.29) is 0 Å². The monoisotopic (exact) mass is 273 g/mol. The van der Waals surface area contributed by atoms with Crippen LogP contribution in [0.4, 0.5) is 11.5 Å². The molecule has 106 valence electrons. The number of para-hydroxylation sites is 1. The van der Waals surface area contributed by atoms with E-state index in [4.69, 9.17) is 15.2 Å². The smallest absolute Gasteiger partial charge is 0.215 e. The van der Waals surface area contributed by atoms with Crippen molar-refractivity contribution in [2.24, 2.45) is 0 Å². The van der Waals surface area contributed by atoms with Gasteiger partial charge in [0.2, 0.25) is 5.88 Å². The number of benzene rings is 1. The molecule has 0 saturated carbocycles. The van der Waals surface area contributed by atoms with Crippen LogP contribution in [0.1, 0.15) is 5.56 Å². The van der Waals surface area contributed by atoms with Crippen molar-refractivity contribution in [3.05, 3.63) is 42.0 Å². The Labute approximate surface area is 118 Å². The van der Waals surface area contributed by atoms with Crippen LogP contribution in [0.15, 0.2) is 36.4 Å². The summed E-state index contributed by atoms with van der Waals surface area (Å²) >= 11 is 0. The Kier molecular flexibility index (Phi) is 4.30. The predicted octanol–water partition coefficient (Wildman–Crippen LogP) is 2.32. The second kappa shape index (κ2) is 6.14. The molecule has 5 nitrogen and oxygen atoms in total. The molecule has 0 atom stereocenters. The Morgan fingerprint density at radius 2 is 1.85 bits per heavy atom. The van der Waals surface area contributed by atoms with E-state index in [9.17, 15) is 0 Å². The van der Waals surface area contributed by atoms with Crippen LogP contribution in [0.3, 0.4) is 0 Å². The van der Waals surface area contributed by atoms with Gasteiger partial charge >= 0.3 is 0 Å². The summed E-state index contributed by atoms with van der Waals surface area (Å²) in [5.74, 6) is 2.08. The van der Waals surface area contributed by atoms with Gasteiger partial charge < -0.3 is 20.1 Å². The summed E-state index contributed by atoms with van der Waals surface area (Å²) in [4.78, 5) is 6.35. The second-order valence-electron chi connectivity index (χ2n) is 4.43. The first-order chi connectivity index (χ1) is 9.65. The third-order valence-corrected chi connectivity index (χ3v) is 3.05. The Balaban J connectivity index is 2.25. The Morgan fingerprint density at radius 3 is 2.55 bits per heavy atom. The highest BCUT2D eigenvalue weighted by Gasteiger charge is 2.11. The SMILES string of the molecule is COc1ccc(N)c(N(C)Cc2ccccc2OC)n1. The quantitative estimate of drug-likeness (QED) is 0.906. The number of methoxy groups -OCH3 is 2. The summed E-state index contributed by atoms with van der Waals surface area (Å²) in [6.07, 6.45) is 0. The van der Waals surface area contributed by atoms with Gasteiger partial charge in [-0.05, 0) is 12.1 Å². The highest BCUT2D eigenvalue weighted by atomic mass is 16.5. The van der Waals surface area contributed by atoms with Crippen molar-refractivity contribution in [2.75, 3.05) is 31.9 Å². The maximum atomic E-state index is 5.98. The first kappa shape index (κ1) is 14.0. The number of ether oxygens (including phenoxy) is 2. The van der Waals surface area contributed by atoms with E-state index >= 15 is 0 Å². The molecule has 0 aliphatic carbocycles. The minimum absolute atomic E-state index is 0.543. The van der Waals surface area contributed by atoms with Crippen molar-refractivity contribution in [3.63, 3.8) is 0 Å². The fourth-order valence-electron chi connectivity index (χ4n) is 2.03. The van der Waals surface area contributed by atoms with Gasteiger partial charge in [-0.1, -0.05) is 18.2 Å². The first-order valence-electron chi connectivity index (χ1n) is 6.29. The van der Waals surface area contributed by atoms with Crippen LogP contribution in [0, 0.1) is 0 Å². The maximum absolute atomic E-state index is 5.98. The molecular weight excluding hydrogens is 254 g/mol. The molecule has 2 N–H and O–H groups in total. The number of aromatic nitrogens is 1. The van der Waals surface area contributed by atoms with Crippen LogP contribution in [0.2, 0.25) is 0 Å². The Morgan fingerprint density at radius 1 is 1.10 bits per heavy atom. The second-order valence-corrected chi connectivity index (χ2v) is 4.43. The lowest BCUT2D eigenvalue weighted by Crippen LogP contribution is -2.19. The zero-order chi connectivity index (χ0) is 14.5. The normalized spacial score (nSPS) is 10.2. The lowest BCUT2D eigenvalue weighted by Gasteiger charge is -2.21. The molecule has 0 amide bonds. The summed E-state index contributed by atoms with van der Waals surface area (Å²) in [5.41, 5.74) is 7.66. The third kappa shape index (κ3) is 2.93. The van der Waals surface area contributed by atoms with Gasteiger partial charge in [-0.25, -0.2) is 0 Å². The lowest BCUT2D eigenvalue weighted by atomic mass is 10.2. The van der Waals surface area contributed by atoms with E-state index in [1.807, 2.05) is 36.2 Å². The summed E-state index contributed by atoms with van der Waals surface area (Å²) < 4.78 is 10.5. The van der Waals surface area contributed by atoms with Crippen molar-refractivity contribution in [2.45, 2.75) is 6.54 Å². The lowest BCUT2D eigenvalue weighted by molar-refractivity contribution is 0.398. The molecule has 0 aliphatic heterocycles. The van der Waals surface area contributed by atoms with Crippen molar-refractivity contribution in [1.82, 2.24) is 4.98 Å². The molecule has 0 unspecified atom stereocenters. The number of pyridine rings is 1. The zero-order valence-corrected chi connectivity index (χ0v) is 12.0. The van der Waals surface area contributed by atoms with Gasteiger partial charge in [0.05, 0.1) is 19.9 Å². The van der Waals surface area contributed by atoms with Crippen LogP contribution in [0.5, 0.6) is 11.6 Å². The number of rotatable bonds is 5. The molecule has 2 rings (SSSR count). The molecule has 0 radical (unpaired) electrons. The summed E-state index contributed by atoms with van der Waals surface area (Å²) in [6, 6.07) is 11.4. The van der Waals surface area contributed by atoms with Crippen molar-refractivity contribution < 1.29 is 9.47 Å². The summed E-state index contributed by atoms with van der Waals surface area (Å²) in [5, 5.41) is 0. The molecule has 1 heterocycles. The number of anilines is 2. The highest BCUT2D eigenvalue weighted by Crippen LogP contribution is 2.26. The van der Waals surface area contributed by atoms with Gasteiger partial charge in [-0.2, -0.15) is 4.98 Å². The number of nitrogens with zero attached hydrogens (tertiary/aromatic N) is 2. The van der Waals surface area contributed by atoms with Crippen LogP contribution in [0.25, 0.3) is 0 Å². The van der Waals surface area contributed by atoms with Gasteiger partial charge in [0.25, 0.3) is 0 Å². The first-order valence-corrected chi connectivity index (χ1v) is 6.29. The molecule has 0 bridgehead atoms. The van der Waals surface area contributed by atoms with E-state index in [2.05, 4.69) is 4.98 Å². The average Bonchev–Trinajstić information content (AvgIpc) is 2.48. The highest BCUT2D eigenvalue weighted by molar-refractivity contribution is 5.63. The van der Waals surface area contributed by atoms with Crippen LogP contribution in [-0.4, -0.2) is 26.3 Å². The molecule has 0 aliphatic rings. The topological polar surface area (TPSA) is 60.6 Å². The van der Waals surface area contributed by atoms with E-state index in [1.54, 1.807) is 26.4 Å². The minimum Gasteiger partial charge on any atom is -0.496 e. The van der Waals surface area contributed by atoms with Gasteiger partial charge in [0, 0.05) is 25.2 Å². The zero-order valence-electron chi connectivity index (χ0n) is 12.0. The molecule has 0 saturated heterocycles. The van der Waals surface area contributed by atoms with Gasteiger partial charge in [0.1, 0.15) is 5.75 Å². The van der Waals surface area contributed by atoms with Gasteiger partial charge in [-0.15, -0.1) is 0 Å². The van der Waals surface area contributed by atoms with Crippen LogP contribution < -0.4 is 20.1 Å². The number of nitrogens with two attached hydrogens (primary N) is 1. The van der Waals surface area contributed by atoms with Crippen LogP contribution in [-0.2, 0) is 6.54 Å². The molecule has 2 aromatic rings. The molecule has 0 spiro atoms. The largest absolute Gasteiger partial charge is 0.496 e. The third-order valence-electron chi connectivity index (χ3n) is 3.05. The van der Waals surface area contributed by atoms with E-state index in [1.165, 1.54) is 0 Å². The molecular formula is C15H19N3O2. The maximum Gasteiger partial charge on any atom is 0.215 e. The molecule has 0 fully saturated rings. The van der Waals surface area contributed by atoms with E-state index in [0.29, 0.717) is 23.9 Å². The molecule has 1 aromatic carbocycles. The fraction of sp³-hybridized carbons (Fsp3) is 0.267. The number of hydrogen-bond donors (Lipinski definition) is 1. The number of hydrogen-bond acceptors (Lipinski definition) is 5. The molecule has 5 heteroatoms. The van der Waals surface area contributed by atoms with Gasteiger partial charge in [0.15, 0.2) is 5.82 Å². The van der Waals surface area contributed by atoms with Crippen molar-refractivity contribution in [3.8, 4) is 11.6 Å². The van der Waals surface area contributed by atoms with E-state index in [0.717, 1.165) is 11.3 Å². The number of nitrogen functional groups attached to an aromatic ring is 1. The Hall–Kier alpha value is -2.43. The predicted molar refractivity (Wildman–Crippen MR) is 80.3 cm³/mol. The van der Waals surface area contributed by atoms with Gasteiger partial charge in [-0.3, -0.25) is 0 Å². The molecule has 20 heavy (non-hydrogen) atoms. The Bertz CT molecular complexity index is 587.